The van der Waals surface area contributed by atoms with Crippen LogP contribution in [0.5, 0.6) is 0 Å². The van der Waals surface area contributed by atoms with E-state index in [9.17, 15) is 15.2 Å². The van der Waals surface area contributed by atoms with Crippen LogP contribution in [-0.4, -0.2) is 21.3 Å². The van der Waals surface area contributed by atoms with Crippen LogP contribution in [0, 0.1) is 11.3 Å². The molecule has 0 saturated heterocycles. The highest BCUT2D eigenvalue weighted by Crippen LogP contribution is 2.30. The summed E-state index contributed by atoms with van der Waals surface area (Å²) in [5.41, 5.74) is 2.73. The zero-order valence-corrected chi connectivity index (χ0v) is 13.1. The SMILES string of the molecule is CCC(Sc1nc2c(cc1C#N)CCCCCC2)C(=O)O. The van der Waals surface area contributed by atoms with Gasteiger partial charge < -0.3 is 5.11 Å². The molecule has 0 fully saturated rings. The van der Waals surface area contributed by atoms with Crippen LogP contribution in [0.4, 0.5) is 0 Å². The molecule has 0 aromatic carbocycles. The first-order valence-electron chi connectivity index (χ1n) is 7.48. The molecule has 5 heteroatoms. The molecule has 1 aliphatic carbocycles. The van der Waals surface area contributed by atoms with Crippen molar-refractivity contribution in [3.63, 3.8) is 0 Å². The van der Waals surface area contributed by atoms with Crippen molar-refractivity contribution in [3.8, 4) is 6.07 Å². The topological polar surface area (TPSA) is 74.0 Å². The van der Waals surface area contributed by atoms with Crippen LogP contribution in [0.1, 0.15) is 55.8 Å². The van der Waals surface area contributed by atoms with E-state index < -0.39 is 11.2 Å². The Hall–Kier alpha value is -1.54. The van der Waals surface area contributed by atoms with Crippen LogP contribution in [-0.2, 0) is 17.6 Å². The van der Waals surface area contributed by atoms with Gasteiger partial charge in [-0.2, -0.15) is 5.26 Å². The van der Waals surface area contributed by atoms with Crippen molar-refractivity contribution in [2.24, 2.45) is 0 Å². The van der Waals surface area contributed by atoms with Gasteiger partial charge in [0.05, 0.1) is 5.56 Å². The highest BCUT2D eigenvalue weighted by Gasteiger charge is 2.21. The van der Waals surface area contributed by atoms with Gasteiger partial charge in [0.1, 0.15) is 16.3 Å². The number of carboxylic acids is 1. The highest BCUT2D eigenvalue weighted by atomic mass is 32.2. The van der Waals surface area contributed by atoms with Crippen molar-refractivity contribution in [1.82, 2.24) is 4.98 Å². The van der Waals surface area contributed by atoms with E-state index in [1.807, 2.05) is 13.0 Å². The smallest absolute Gasteiger partial charge is 0.317 e. The fraction of sp³-hybridized carbons (Fsp3) is 0.562. The number of hydrogen-bond donors (Lipinski definition) is 1. The van der Waals surface area contributed by atoms with Crippen molar-refractivity contribution in [2.45, 2.75) is 62.1 Å². The number of aromatic nitrogens is 1. The molecule has 4 nitrogen and oxygen atoms in total. The minimum atomic E-state index is -0.847. The fourth-order valence-corrected chi connectivity index (χ4v) is 3.51. The van der Waals surface area contributed by atoms with E-state index in [1.54, 1.807) is 0 Å². The van der Waals surface area contributed by atoms with Crippen LogP contribution in [0.3, 0.4) is 0 Å². The summed E-state index contributed by atoms with van der Waals surface area (Å²) in [4.78, 5) is 15.8. The van der Waals surface area contributed by atoms with Gasteiger partial charge in [-0.05, 0) is 43.7 Å². The monoisotopic (exact) mass is 304 g/mol. The second-order valence-corrected chi connectivity index (χ2v) is 6.52. The number of nitriles is 1. The van der Waals surface area contributed by atoms with Crippen molar-refractivity contribution in [1.29, 1.82) is 5.26 Å². The van der Waals surface area contributed by atoms with Gasteiger partial charge in [0, 0.05) is 5.69 Å². The second kappa shape index (κ2) is 7.46. The zero-order valence-electron chi connectivity index (χ0n) is 12.3. The van der Waals surface area contributed by atoms with Gasteiger partial charge in [-0.25, -0.2) is 4.98 Å². The lowest BCUT2D eigenvalue weighted by molar-refractivity contribution is -0.136. The summed E-state index contributed by atoms with van der Waals surface area (Å²) >= 11 is 1.20. The molecule has 0 spiro atoms. The Kier molecular flexibility index (Phi) is 5.63. The number of fused-ring (bicyclic) bond motifs is 1. The van der Waals surface area contributed by atoms with E-state index >= 15 is 0 Å². The van der Waals surface area contributed by atoms with Gasteiger partial charge in [0.25, 0.3) is 0 Å². The fourth-order valence-electron chi connectivity index (χ4n) is 2.58. The number of pyridine rings is 1. The lowest BCUT2D eigenvalue weighted by Gasteiger charge is -2.16. The predicted octanol–water partition coefficient (Wildman–Crippen LogP) is 3.57. The molecule has 2 rings (SSSR count). The lowest BCUT2D eigenvalue weighted by Crippen LogP contribution is -2.16. The Balaban J connectivity index is 2.34. The van der Waals surface area contributed by atoms with E-state index in [4.69, 9.17) is 0 Å². The number of aliphatic carboxylic acids is 1. The number of carbonyl (C=O) groups is 1. The first-order chi connectivity index (χ1) is 10.2. The summed E-state index contributed by atoms with van der Waals surface area (Å²) in [7, 11) is 0. The zero-order chi connectivity index (χ0) is 15.2. The molecule has 1 unspecified atom stereocenters. The average molecular weight is 304 g/mol. The first kappa shape index (κ1) is 15.8. The summed E-state index contributed by atoms with van der Waals surface area (Å²) in [6, 6.07) is 4.10. The van der Waals surface area contributed by atoms with E-state index in [-0.39, 0.29) is 0 Å². The molecule has 1 aromatic heterocycles. The molecular weight excluding hydrogens is 284 g/mol. The highest BCUT2D eigenvalue weighted by molar-refractivity contribution is 8.00. The number of aryl methyl sites for hydroxylation is 2. The minimum Gasteiger partial charge on any atom is -0.480 e. The van der Waals surface area contributed by atoms with Crippen LogP contribution in [0.25, 0.3) is 0 Å². The molecule has 0 aliphatic heterocycles. The van der Waals surface area contributed by atoms with Gasteiger partial charge in [0.15, 0.2) is 0 Å². The third kappa shape index (κ3) is 3.98. The Labute approximate surface area is 129 Å². The van der Waals surface area contributed by atoms with Crippen molar-refractivity contribution in [3.05, 3.63) is 22.9 Å². The summed E-state index contributed by atoms with van der Waals surface area (Å²) in [6.45, 7) is 1.84. The third-order valence-electron chi connectivity index (χ3n) is 3.79. The number of rotatable bonds is 4. The molecule has 1 aromatic rings. The number of thioether (sulfide) groups is 1. The molecular formula is C16H20N2O2S. The maximum Gasteiger partial charge on any atom is 0.317 e. The standard InChI is InChI=1S/C16H20N2O2S/c1-2-14(16(19)20)21-15-12(10-17)9-11-7-5-3-4-6-8-13(11)18-15/h9,14H,2-8H2,1H3,(H,19,20). The van der Waals surface area contributed by atoms with Crippen molar-refractivity contribution >= 4 is 17.7 Å². The number of carboxylic acid groups (broad SMARTS) is 1. The third-order valence-corrected chi connectivity index (χ3v) is 5.14. The molecule has 1 atom stereocenters. The summed E-state index contributed by atoms with van der Waals surface area (Å²) in [5.74, 6) is -0.847. The lowest BCUT2D eigenvalue weighted by atomic mass is 9.96. The Morgan fingerprint density at radius 1 is 1.43 bits per heavy atom. The largest absolute Gasteiger partial charge is 0.480 e. The average Bonchev–Trinajstić information content (AvgIpc) is 2.45. The molecule has 112 valence electrons. The summed E-state index contributed by atoms with van der Waals surface area (Å²) in [5, 5.41) is 18.5. The van der Waals surface area contributed by atoms with Crippen LogP contribution in [0.2, 0.25) is 0 Å². The first-order valence-corrected chi connectivity index (χ1v) is 8.36. The van der Waals surface area contributed by atoms with E-state index in [0.29, 0.717) is 17.0 Å². The van der Waals surface area contributed by atoms with Gasteiger partial charge in [0.2, 0.25) is 0 Å². The molecule has 1 N–H and O–H groups in total. The van der Waals surface area contributed by atoms with Gasteiger partial charge in [-0.15, -0.1) is 0 Å². The molecule has 0 radical (unpaired) electrons. The van der Waals surface area contributed by atoms with E-state index in [1.165, 1.54) is 30.2 Å². The maximum absolute atomic E-state index is 11.2. The molecule has 1 aliphatic rings. The van der Waals surface area contributed by atoms with Gasteiger partial charge >= 0.3 is 5.97 Å². The molecule has 21 heavy (non-hydrogen) atoms. The van der Waals surface area contributed by atoms with Crippen molar-refractivity contribution in [2.75, 3.05) is 0 Å². The number of nitrogens with zero attached hydrogens (tertiary/aromatic N) is 2. The van der Waals surface area contributed by atoms with Crippen LogP contribution in [0.15, 0.2) is 11.1 Å². The Morgan fingerprint density at radius 2 is 2.14 bits per heavy atom. The van der Waals surface area contributed by atoms with Gasteiger partial charge in [-0.1, -0.05) is 31.5 Å². The normalized spacial score (nSPS) is 16.2. The summed E-state index contributed by atoms with van der Waals surface area (Å²) < 4.78 is 0. The molecule has 0 saturated carbocycles. The van der Waals surface area contributed by atoms with E-state index in [0.717, 1.165) is 31.4 Å². The molecule has 0 amide bonds. The Morgan fingerprint density at radius 3 is 2.76 bits per heavy atom. The van der Waals surface area contributed by atoms with Crippen LogP contribution < -0.4 is 0 Å². The van der Waals surface area contributed by atoms with Gasteiger partial charge in [-0.3, -0.25) is 4.79 Å². The van der Waals surface area contributed by atoms with Crippen LogP contribution >= 0.6 is 11.8 Å². The number of hydrogen-bond acceptors (Lipinski definition) is 4. The molecule has 1 heterocycles. The van der Waals surface area contributed by atoms with E-state index in [2.05, 4.69) is 11.1 Å². The quantitative estimate of drug-likeness (QED) is 0.861. The van der Waals surface area contributed by atoms with Crippen molar-refractivity contribution < 1.29 is 9.90 Å². The summed E-state index contributed by atoms with van der Waals surface area (Å²) in [6.07, 6.45) is 7.12. The second-order valence-electron chi connectivity index (χ2n) is 5.33. The molecule has 0 bridgehead atoms. The Bertz CT molecular complexity index is 566. The maximum atomic E-state index is 11.2. The predicted molar refractivity (Wildman–Crippen MR) is 82.4 cm³/mol. The minimum absolute atomic E-state index is 0.513.